The molecule has 0 radical (unpaired) electrons. The second-order valence-electron chi connectivity index (χ2n) is 7.85. The zero-order chi connectivity index (χ0) is 24.1. The second-order valence-corrected chi connectivity index (χ2v) is 9.53. The van der Waals surface area contributed by atoms with E-state index in [1.165, 1.54) is 12.1 Å². The lowest BCUT2D eigenvalue weighted by Crippen LogP contribution is -2.16. The van der Waals surface area contributed by atoms with Gasteiger partial charge in [0.15, 0.2) is 0 Å². The Hall–Kier alpha value is -4.04. The van der Waals surface area contributed by atoms with Crippen molar-refractivity contribution in [1.82, 2.24) is 9.97 Å². The molecule has 0 fully saturated rings. The van der Waals surface area contributed by atoms with Crippen molar-refractivity contribution >= 4 is 27.4 Å². The highest BCUT2D eigenvalue weighted by Gasteiger charge is 2.17. The molecule has 34 heavy (non-hydrogen) atoms. The Kier molecular flexibility index (Phi) is 6.70. The molecule has 1 amide bonds. The molecule has 0 saturated carbocycles. The van der Waals surface area contributed by atoms with Crippen LogP contribution in [0.25, 0.3) is 0 Å². The van der Waals surface area contributed by atoms with Crippen LogP contribution in [0.2, 0.25) is 0 Å². The van der Waals surface area contributed by atoms with Gasteiger partial charge in [0.2, 0.25) is 0 Å². The molecule has 0 spiro atoms. The quantitative estimate of drug-likeness (QED) is 0.405. The smallest absolute Gasteiger partial charge is 0.263 e. The van der Waals surface area contributed by atoms with E-state index in [1.54, 1.807) is 38.1 Å². The number of hydrogen-bond donors (Lipinski definition) is 2. The van der Waals surface area contributed by atoms with E-state index in [-0.39, 0.29) is 16.6 Å². The first-order valence-corrected chi connectivity index (χ1v) is 12.2. The Morgan fingerprint density at radius 3 is 2.24 bits per heavy atom. The molecule has 0 saturated heterocycles. The number of hydrogen-bond acceptors (Lipinski definition) is 5. The first-order chi connectivity index (χ1) is 16.3. The molecule has 1 aromatic heterocycles. The minimum atomic E-state index is -3.84. The fourth-order valence-electron chi connectivity index (χ4n) is 3.59. The number of nitrogens with one attached hydrogen (secondary N) is 2. The number of amides is 1. The van der Waals surface area contributed by atoms with Gasteiger partial charge in [-0.05, 0) is 61.7 Å². The summed E-state index contributed by atoms with van der Waals surface area (Å²) in [5, 5.41) is 2.85. The first kappa shape index (κ1) is 23.1. The number of aryl methyl sites for hydroxylation is 2. The van der Waals surface area contributed by atoms with Crippen LogP contribution in [0.3, 0.4) is 0 Å². The predicted octanol–water partition coefficient (Wildman–Crippen LogP) is 4.74. The van der Waals surface area contributed by atoms with Crippen molar-refractivity contribution in [3.63, 3.8) is 0 Å². The third-order valence-corrected chi connectivity index (χ3v) is 6.50. The summed E-state index contributed by atoms with van der Waals surface area (Å²) in [4.78, 5) is 21.3. The van der Waals surface area contributed by atoms with Crippen molar-refractivity contribution < 1.29 is 13.2 Å². The van der Waals surface area contributed by atoms with Gasteiger partial charge in [-0.3, -0.25) is 9.52 Å². The molecule has 4 aromatic rings. The van der Waals surface area contributed by atoms with Crippen molar-refractivity contribution in [3.05, 3.63) is 113 Å². The van der Waals surface area contributed by atoms with Crippen LogP contribution in [0, 0.1) is 13.8 Å². The molecule has 8 heteroatoms. The SMILES string of the molecule is Cc1cc(NS(=O)(=O)c2ccc(NC(=O)c3ccccc3Cc3ccccc3)cc2)nc(C)n1. The van der Waals surface area contributed by atoms with Gasteiger partial charge < -0.3 is 5.32 Å². The normalized spacial score (nSPS) is 11.1. The van der Waals surface area contributed by atoms with E-state index >= 15 is 0 Å². The second kappa shape index (κ2) is 9.84. The average Bonchev–Trinajstić information content (AvgIpc) is 2.79. The van der Waals surface area contributed by atoms with Gasteiger partial charge in [-0.1, -0.05) is 48.5 Å². The molecule has 3 aromatic carbocycles. The van der Waals surface area contributed by atoms with Crippen molar-refractivity contribution in [3.8, 4) is 0 Å². The molecule has 0 atom stereocenters. The summed E-state index contributed by atoms with van der Waals surface area (Å²) in [6, 6.07) is 24.9. The molecule has 0 unspecified atom stereocenters. The maximum atomic E-state index is 13.0. The number of benzene rings is 3. The Morgan fingerprint density at radius 2 is 1.53 bits per heavy atom. The van der Waals surface area contributed by atoms with Crippen molar-refractivity contribution in [2.75, 3.05) is 10.0 Å². The summed E-state index contributed by atoms with van der Waals surface area (Å²) in [6.45, 7) is 3.46. The van der Waals surface area contributed by atoms with Gasteiger partial charge in [0.25, 0.3) is 15.9 Å². The van der Waals surface area contributed by atoms with Gasteiger partial charge in [0, 0.05) is 23.0 Å². The fourth-order valence-corrected chi connectivity index (χ4v) is 4.59. The third-order valence-electron chi connectivity index (χ3n) is 5.13. The number of rotatable bonds is 7. The number of nitrogens with zero attached hydrogens (tertiary/aromatic N) is 2. The number of anilines is 2. The summed E-state index contributed by atoms with van der Waals surface area (Å²) >= 11 is 0. The highest BCUT2D eigenvalue weighted by Crippen LogP contribution is 2.20. The monoisotopic (exact) mass is 472 g/mol. The maximum Gasteiger partial charge on any atom is 0.263 e. The molecule has 0 aliphatic rings. The predicted molar refractivity (Wildman–Crippen MR) is 132 cm³/mol. The molecule has 0 bridgehead atoms. The van der Waals surface area contributed by atoms with Crippen LogP contribution in [0.1, 0.15) is 33.0 Å². The number of aromatic nitrogens is 2. The van der Waals surface area contributed by atoms with Crippen LogP contribution in [0.4, 0.5) is 11.5 Å². The van der Waals surface area contributed by atoms with Crippen molar-refractivity contribution in [2.24, 2.45) is 0 Å². The minimum absolute atomic E-state index is 0.0592. The van der Waals surface area contributed by atoms with Gasteiger partial charge >= 0.3 is 0 Å². The molecule has 172 valence electrons. The van der Waals surface area contributed by atoms with Crippen LogP contribution in [0.5, 0.6) is 0 Å². The van der Waals surface area contributed by atoms with Crippen LogP contribution in [-0.2, 0) is 16.4 Å². The zero-order valence-corrected chi connectivity index (χ0v) is 19.6. The van der Waals surface area contributed by atoms with Gasteiger partial charge in [-0.25, -0.2) is 18.4 Å². The van der Waals surface area contributed by atoms with E-state index < -0.39 is 10.0 Å². The third kappa shape index (κ3) is 5.65. The lowest BCUT2D eigenvalue weighted by atomic mass is 9.99. The zero-order valence-electron chi connectivity index (χ0n) is 18.8. The van der Waals surface area contributed by atoms with E-state index in [4.69, 9.17) is 0 Å². The number of carbonyl (C=O) groups excluding carboxylic acids is 1. The molecule has 4 rings (SSSR count). The molecule has 2 N–H and O–H groups in total. The van der Waals surface area contributed by atoms with Crippen molar-refractivity contribution in [2.45, 2.75) is 25.2 Å². The highest BCUT2D eigenvalue weighted by atomic mass is 32.2. The maximum absolute atomic E-state index is 13.0. The fraction of sp³-hybridized carbons (Fsp3) is 0.115. The van der Waals surface area contributed by atoms with E-state index in [2.05, 4.69) is 20.0 Å². The van der Waals surface area contributed by atoms with Gasteiger partial charge in [0.05, 0.1) is 4.90 Å². The Bertz CT molecular complexity index is 1400. The largest absolute Gasteiger partial charge is 0.322 e. The van der Waals surface area contributed by atoms with E-state index in [9.17, 15) is 13.2 Å². The molecule has 0 aliphatic carbocycles. The van der Waals surface area contributed by atoms with E-state index in [0.717, 1.165) is 11.1 Å². The Balaban J connectivity index is 1.48. The summed E-state index contributed by atoms with van der Waals surface area (Å²) in [5.74, 6) is 0.424. The average molecular weight is 473 g/mol. The van der Waals surface area contributed by atoms with E-state index in [0.29, 0.717) is 29.2 Å². The Labute approximate surface area is 199 Å². The van der Waals surface area contributed by atoms with Crippen LogP contribution in [0.15, 0.2) is 89.8 Å². The van der Waals surface area contributed by atoms with Gasteiger partial charge in [-0.2, -0.15) is 0 Å². The van der Waals surface area contributed by atoms with E-state index in [1.807, 2.05) is 48.5 Å². The molecular weight excluding hydrogens is 448 g/mol. The Morgan fingerprint density at radius 1 is 0.853 bits per heavy atom. The summed E-state index contributed by atoms with van der Waals surface area (Å²) in [5.41, 5.74) is 3.74. The molecule has 7 nitrogen and oxygen atoms in total. The van der Waals surface area contributed by atoms with Crippen LogP contribution >= 0.6 is 0 Å². The molecular formula is C26H24N4O3S. The summed E-state index contributed by atoms with van der Waals surface area (Å²) in [6.07, 6.45) is 0.634. The van der Waals surface area contributed by atoms with Gasteiger partial charge in [-0.15, -0.1) is 0 Å². The lowest BCUT2D eigenvalue weighted by Gasteiger charge is -2.12. The highest BCUT2D eigenvalue weighted by molar-refractivity contribution is 7.92. The standard InChI is InChI=1S/C26H24N4O3S/c1-18-16-25(28-19(2)27-18)30-34(32,33)23-14-12-22(13-15-23)29-26(31)24-11-7-6-10-21(24)17-20-8-4-3-5-9-20/h3-16H,17H2,1-2H3,(H,29,31)(H,27,28,30). The lowest BCUT2D eigenvalue weighted by molar-refractivity contribution is 0.102. The molecule has 0 aliphatic heterocycles. The summed E-state index contributed by atoms with van der Waals surface area (Å²) < 4.78 is 27.9. The molecule has 1 heterocycles. The first-order valence-electron chi connectivity index (χ1n) is 10.7. The van der Waals surface area contributed by atoms with Crippen LogP contribution < -0.4 is 10.0 Å². The topological polar surface area (TPSA) is 101 Å². The summed E-state index contributed by atoms with van der Waals surface area (Å²) in [7, 11) is -3.84. The minimum Gasteiger partial charge on any atom is -0.322 e. The van der Waals surface area contributed by atoms with Crippen LogP contribution in [-0.4, -0.2) is 24.3 Å². The van der Waals surface area contributed by atoms with Crippen molar-refractivity contribution in [1.29, 1.82) is 0 Å². The number of sulfonamides is 1. The van der Waals surface area contributed by atoms with Gasteiger partial charge in [0.1, 0.15) is 11.6 Å². The number of carbonyl (C=O) groups is 1.